The van der Waals surface area contributed by atoms with Crippen molar-refractivity contribution >= 4 is 32.4 Å². The van der Waals surface area contributed by atoms with Crippen LogP contribution < -0.4 is 5.73 Å². The third-order valence-corrected chi connectivity index (χ3v) is 2.76. The van der Waals surface area contributed by atoms with Gasteiger partial charge in [0.25, 0.3) is 0 Å². The van der Waals surface area contributed by atoms with Gasteiger partial charge in [-0.3, -0.25) is 0 Å². The fourth-order valence-corrected chi connectivity index (χ4v) is 2.12. The van der Waals surface area contributed by atoms with Gasteiger partial charge in [0.05, 0.1) is 10.6 Å². The maximum absolute atomic E-state index is 13.3. The van der Waals surface area contributed by atoms with Gasteiger partial charge in [0.15, 0.2) is 0 Å². The molecule has 3 N–H and O–H groups in total. The Bertz CT molecular complexity index is 521. The number of benzene rings is 1. The van der Waals surface area contributed by atoms with Crippen LogP contribution in [0, 0.1) is 5.82 Å². The maximum atomic E-state index is 13.3. The first kappa shape index (κ1) is 8.96. The lowest BCUT2D eigenvalue weighted by atomic mass is 10.1. The molecule has 3 nitrogen and oxygen atoms in total. The van der Waals surface area contributed by atoms with E-state index >= 15 is 0 Å². The highest BCUT2D eigenvalue weighted by molar-refractivity contribution is 7.22. The van der Waals surface area contributed by atoms with E-state index < -0.39 is 11.8 Å². The van der Waals surface area contributed by atoms with Crippen molar-refractivity contribution in [1.82, 2.24) is 0 Å². The van der Waals surface area contributed by atoms with E-state index in [4.69, 9.17) is 10.8 Å². The zero-order valence-corrected chi connectivity index (χ0v) is 7.77. The summed E-state index contributed by atoms with van der Waals surface area (Å²) in [5, 5.41) is 9.53. The predicted octanol–water partition coefficient (Wildman–Crippen LogP) is 2.32. The Kier molecular flexibility index (Phi) is 1.89. The predicted molar refractivity (Wildman–Crippen MR) is 53.2 cm³/mol. The minimum atomic E-state index is -1.14. The average molecular weight is 211 g/mol. The maximum Gasteiger partial charge on any atom is 0.335 e. The number of hydrogen-bond donors (Lipinski definition) is 2. The summed E-state index contributed by atoms with van der Waals surface area (Å²) in [5.74, 6) is -1.69. The number of nitrogen functional groups attached to an aromatic ring is 1. The van der Waals surface area contributed by atoms with E-state index in [0.717, 1.165) is 6.07 Å². The standard InChI is InChI=1S/C9H6FNO2S/c10-6-1-4(9(12)13)2-7-5(6)3-8(11)14-7/h1-3H,11H2,(H,12,13). The van der Waals surface area contributed by atoms with Gasteiger partial charge in [-0.15, -0.1) is 11.3 Å². The third-order valence-electron chi connectivity index (χ3n) is 1.85. The van der Waals surface area contributed by atoms with Crippen molar-refractivity contribution in [2.75, 3.05) is 5.73 Å². The number of carboxylic acids is 1. The van der Waals surface area contributed by atoms with Crippen molar-refractivity contribution < 1.29 is 14.3 Å². The Morgan fingerprint density at radius 2 is 2.14 bits per heavy atom. The van der Waals surface area contributed by atoms with Gasteiger partial charge in [-0.25, -0.2) is 9.18 Å². The van der Waals surface area contributed by atoms with Crippen LogP contribution in [0.3, 0.4) is 0 Å². The molecule has 0 atom stereocenters. The first-order valence-electron chi connectivity index (χ1n) is 3.80. The van der Waals surface area contributed by atoms with Crippen molar-refractivity contribution in [3.63, 3.8) is 0 Å². The Morgan fingerprint density at radius 3 is 2.79 bits per heavy atom. The number of nitrogens with two attached hydrogens (primary N) is 1. The fraction of sp³-hybridized carbons (Fsp3) is 0. The van der Waals surface area contributed by atoms with E-state index in [-0.39, 0.29) is 5.56 Å². The highest BCUT2D eigenvalue weighted by Gasteiger charge is 2.10. The van der Waals surface area contributed by atoms with Crippen LogP contribution in [-0.2, 0) is 0 Å². The van der Waals surface area contributed by atoms with E-state index in [0.29, 0.717) is 15.1 Å². The Balaban J connectivity index is 2.77. The minimum absolute atomic E-state index is 0.0585. The average Bonchev–Trinajstić information content (AvgIpc) is 2.45. The number of carboxylic acid groups (broad SMARTS) is 1. The Labute approximate surface area is 82.6 Å². The van der Waals surface area contributed by atoms with Crippen LogP contribution in [-0.4, -0.2) is 11.1 Å². The molecule has 1 aromatic carbocycles. The highest BCUT2D eigenvalue weighted by atomic mass is 32.1. The van der Waals surface area contributed by atoms with E-state index in [1.54, 1.807) is 0 Å². The molecule has 1 aromatic heterocycles. The van der Waals surface area contributed by atoms with Crippen LogP contribution >= 0.6 is 11.3 Å². The summed E-state index contributed by atoms with van der Waals surface area (Å²) >= 11 is 1.17. The number of rotatable bonds is 1. The lowest BCUT2D eigenvalue weighted by Gasteiger charge is -1.95. The second-order valence-electron chi connectivity index (χ2n) is 2.82. The van der Waals surface area contributed by atoms with E-state index in [2.05, 4.69) is 0 Å². The van der Waals surface area contributed by atoms with Gasteiger partial charge in [0, 0.05) is 10.1 Å². The summed E-state index contributed by atoms with van der Waals surface area (Å²) in [5.41, 5.74) is 5.43. The monoisotopic (exact) mass is 211 g/mol. The summed E-state index contributed by atoms with van der Waals surface area (Å²) in [4.78, 5) is 10.6. The van der Waals surface area contributed by atoms with Gasteiger partial charge in [-0.2, -0.15) is 0 Å². The molecule has 2 rings (SSSR count). The molecule has 0 spiro atoms. The number of thiophene rings is 1. The van der Waals surface area contributed by atoms with Gasteiger partial charge in [0.1, 0.15) is 5.82 Å². The van der Waals surface area contributed by atoms with Crippen molar-refractivity contribution in [1.29, 1.82) is 0 Å². The van der Waals surface area contributed by atoms with Crippen LogP contribution in [0.1, 0.15) is 10.4 Å². The highest BCUT2D eigenvalue weighted by Crippen LogP contribution is 2.30. The molecule has 0 radical (unpaired) electrons. The summed E-state index contributed by atoms with van der Waals surface area (Å²) in [6.45, 7) is 0. The molecule has 0 aliphatic carbocycles. The molecule has 0 fully saturated rings. The molecule has 0 bridgehead atoms. The Hall–Kier alpha value is -1.62. The molecule has 1 heterocycles. The van der Waals surface area contributed by atoms with Gasteiger partial charge in [-0.1, -0.05) is 0 Å². The van der Waals surface area contributed by atoms with E-state index in [1.165, 1.54) is 23.5 Å². The summed E-state index contributed by atoms with van der Waals surface area (Å²) in [6, 6.07) is 3.92. The number of anilines is 1. The van der Waals surface area contributed by atoms with E-state index in [1.807, 2.05) is 0 Å². The fourth-order valence-electron chi connectivity index (χ4n) is 1.24. The number of hydrogen-bond acceptors (Lipinski definition) is 3. The molecular formula is C9H6FNO2S. The van der Waals surface area contributed by atoms with Gasteiger partial charge >= 0.3 is 5.97 Å². The molecule has 0 amide bonds. The molecule has 0 unspecified atom stereocenters. The zero-order valence-electron chi connectivity index (χ0n) is 6.95. The smallest absolute Gasteiger partial charge is 0.335 e. The molecule has 0 saturated heterocycles. The van der Waals surface area contributed by atoms with Crippen LogP contribution in [0.15, 0.2) is 18.2 Å². The molecule has 2 aromatic rings. The summed E-state index contributed by atoms with van der Waals surface area (Å²) < 4.78 is 13.9. The minimum Gasteiger partial charge on any atom is -0.478 e. The third kappa shape index (κ3) is 1.31. The second-order valence-corrected chi connectivity index (χ2v) is 3.94. The van der Waals surface area contributed by atoms with Crippen molar-refractivity contribution in [3.05, 3.63) is 29.6 Å². The van der Waals surface area contributed by atoms with Gasteiger partial charge in [0.2, 0.25) is 0 Å². The lowest BCUT2D eigenvalue weighted by Crippen LogP contribution is -1.96. The van der Waals surface area contributed by atoms with Crippen LogP contribution in [0.4, 0.5) is 9.39 Å². The zero-order chi connectivity index (χ0) is 10.3. The normalized spacial score (nSPS) is 10.6. The SMILES string of the molecule is Nc1cc2c(F)cc(C(=O)O)cc2s1. The molecule has 72 valence electrons. The summed E-state index contributed by atoms with van der Waals surface area (Å²) in [6.07, 6.45) is 0. The largest absolute Gasteiger partial charge is 0.478 e. The lowest BCUT2D eigenvalue weighted by molar-refractivity contribution is 0.0696. The molecule has 14 heavy (non-hydrogen) atoms. The molecular weight excluding hydrogens is 205 g/mol. The molecule has 0 aliphatic heterocycles. The number of fused-ring (bicyclic) bond motifs is 1. The van der Waals surface area contributed by atoms with Gasteiger partial charge < -0.3 is 10.8 Å². The van der Waals surface area contributed by atoms with Crippen molar-refractivity contribution in [2.45, 2.75) is 0 Å². The van der Waals surface area contributed by atoms with Crippen molar-refractivity contribution in [2.24, 2.45) is 0 Å². The second kappa shape index (κ2) is 2.95. The van der Waals surface area contributed by atoms with Gasteiger partial charge in [-0.05, 0) is 18.2 Å². The van der Waals surface area contributed by atoms with E-state index in [9.17, 15) is 9.18 Å². The molecule has 0 saturated carbocycles. The van der Waals surface area contributed by atoms with Crippen molar-refractivity contribution in [3.8, 4) is 0 Å². The quantitative estimate of drug-likeness (QED) is 0.760. The van der Waals surface area contributed by atoms with Crippen LogP contribution in [0.25, 0.3) is 10.1 Å². The van der Waals surface area contributed by atoms with Crippen LogP contribution in [0.5, 0.6) is 0 Å². The first-order valence-corrected chi connectivity index (χ1v) is 4.61. The topological polar surface area (TPSA) is 63.3 Å². The Morgan fingerprint density at radius 1 is 1.43 bits per heavy atom. The number of halogens is 1. The molecule has 0 aliphatic rings. The number of aromatic carboxylic acids is 1. The van der Waals surface area contributed by atoms with Crippen LogP contribution in [0.2, 0.25) is 0 Å². The first-order chi connectivity index (χ1) is 6.58. The number of carbonyl (C=O) groups is 1. The molecule has 5 heteroatoms. The summed E-state index contributed by atoms with van der Waals surface area (Å²) in [7, 11) is 0.